The number of guanidine groups is 1. The quantitative estimate of drug-likeness (QED) is 0.115. The summed E-state index contributed by atoms with van der Waals surface area (Å²) in [6, 6.07) is -3.29. The number of nitrogens with two attached hydrogens (primary N) is 2. The largest absolute Gasteiger partial charge is 0.480 e. The van der Waals surface area contributed by atoms with Gasteiger partial charge >= 0.3 is 5.97 Å². The summed E-state index contributed by atoms with van der Waals surface area (Å²) in [4.78, 5) is 34.5. The Morgan fingerprint density at radius 3 is 2.30 bits per heavy atom. The van der Waals surface area contributed by atoms with Crippen LogP contribution in [0.5, 0.6) is 0 Å². The first-order valence-electron chi connectivity index (χ1n) is 6.96. The zero-order valence-electron chi connectivity index (χ0n) is 12.8. The number of aliphatic carboxylic acids is 1. The Balaban J connectivity index is 4.40. The average Bonchev–Trinajstić information content (AvgIpc) is 2.48. The topological polar surface area (TPSA) is 204 Å². The second-order valence-electron chi connectivity index (χ2n) is 4.90. The molecular weight excluding hydrogens is 308 g/mol. The maximum Gasteiger partial charge on any atom is 0.326 e. The van der Waals surface area contributed by atoms with Gasteiger partial charge in [-0.3, -0.25) is 15.0 Å². The fraction of sp³-hybridized carbons (Fsp3) is 0.667. The van der Waals surface area contributed by atoms with E-state index in [0.29, 0.717) is 13.0 Å². The molecule has 0 heterocycles. The second kappa shape index (κ2) is 10.3. The molecule has 0 aliphatic heterocycles. The third kappa shape index (κ3) is 8.58. The fourth-order valence-corrected chi connectivity index (χ4v) is 1.55. The third-order valence-electron chi connectivity index (χ3n) is 2.89. The summed E-state index contributed by atoms with van der Waals surface area (Å²) in [5.74, 6) is -2.84. The predicted octanol–water partition coefficient (Wildman–Crippen LogP) is -3.36. The van der Waals surface area contributed by atoms with E-state index in [9.17, 15) is 14.4 Å². The number of nitrogens with one attached hydrogen (secondary N) is 4. The Morgan fingerprint density at radius 1 is 1.22 bits per heavy atom. The fourth-order valence-electron chi connectivity index (χ4n) is 1.55. The molecule has 0 aromatic rings. The Morgan fingerprint density at radius 2 is 1.83 bits per heavy atom. The van der Waals surface area contributed by atoms with Gasteiger partial charge in [-0.2, -0.15) is 0 Å². The van der Waals surface area contributed by atoms with Crippen molar-refractivity contribution < 1.29 is 24.6 Å². The van der Waals surface area contributed by atoms with Crippen LogP contribution in [0, 0.1) is 5.41 Å². The highest BCUT2D eigenvalue weighted by Gasteiger charge is 2.24. The van der Waals surface area contributed by atoms with E-state index in [0.717, 1.165) is 0 Å². The van der Waals surface area contributed by atoms with E-state index in [1.165, 1.54) is 6.92 Å². The minimum absolute atomic E-state index is 0.123. The highest BCUT2D eigenvalue weighted by atomic mass is 16.4. The molecular formula is C12H24N6O5. The van der Waals surface area contributed by atoms with Crippen molar-refractivity contribution in [2.75, 3.05) is 13.2 Å². The van der Waals surface area contributed by atoms with Gasteiger partial charge in [-0.1, -0.05) is 0 Å². The second-order valence-corrected chi connectivity index (χ2v) is 4.90. The summed E-state index contributed by atoms with van der Waals surface area (Å²) in [6.07, 6.45) is 0.491. The van der Waals surface area contributed by atoms with E-state index < -0.39 is 42.5 Å². The molecule has 11 nitrogen and oxygen atoms in total. The van der Waals surface area contributed by atoms with Crippen LogP contribution in [0.1, 0.15) is 19.8 Å². The molecule has 10 N–H and O–H groups in total. The molecule has 11 heteroatoms. The summed E-state index contributed by atoms with van der Waals surface area (Å²) in [6.45, 7) is 1.10. The number of aliphatic hydroxyl groups excluding tert-OH is 1. The molecule has 23 heavy (non-hydrogen) atoms. The molecule has 0 bridgehead atoms. The van der Waals surface area contributed by atoms with Gasteiger partial charge in [0.25, 0.3) is 0 Å². The van der Waals surface area contributed by atoms with Gasteiger partial charge in [0.15, 0.2) is 5.96 Å². The SMILES string of the molecule is C[C@H](NC(=O)[C@@H](N)CO)C(=O)N[C@@H](CCCNC(=N)N)C(=O)O. The van der Waals surface area contributed by atoms with Crippen LogP contribution in [0.2, 0.25) is 0 Å². The maximum atomic E-state index is 11.9. The van der Waals surface area contributed by atoms with Crippen LogP contribution in [-0.2, 0) is 14.4 Å². The molecule has 0 aromatic carbocycles. The molecule has 3 atom stereocenters. The van der Waals surface area contributed by atoms with E-state index in [4.69, 9.17) is 27.1 Å². The van der Waals surface area contributed by atoms with Gasteiger partial charge < -0.3 is 37.6 Å². The molecule has 0 aliphatic rings. The smallest absolute Gasteiger partial charge is 0.326 e. The molecule has 0 spiro atoms. The lowest BCUT2D eigenvalue weighted by Gasteiger charge is -2.19. The molecule has 0 unspecified atom stereocenters. The molecule has 0 rings (SSSR count). The molecule has 0 saturated heterocycles. The normalized spacial score (nSPS) is 14.2. The number of rotatable bonds is 10. The zero-order valence-corrected chi connectivity index (χ0v) is 12.8. The Hall–Kier alpha value is -2.40. The van der Waals surface area contributed by atoms with E-state index in [1.54, 1.807) is 0 Å². The van der Waals surface area contributed by atoms with Crippen molar-refractivity contribution in [3.63, 3.8) is 0 Å². The lowest BCUT2D eigenvalue weighted by Crippen LogP contribution is -2.54. The van der Waals surface area contributed by atoms with Crippen molar-refractivity contribution in [2.24, 2.45) is 11.5 Å². The summed E-state index contributed by atoms with van der Waals surface area (Å²) in [5.41, 5.74) is 10.4. The lowest BCUT2D eigenvalue weighted by molar-refractivity contribution is -0.142. The molecule has 0 saturated carbocycles. The minimum Gasteiger partial charge on any atom is -0.480 e. The van der Waals surface area contributed by atoms with Crippen LogP contribution >= 0.6 is 0 Å². The van der Waals surface area contributed by atoms with Crippen LogP contribution in [0.25, 0.3) is 0 Å². The summed E-state index contributed by atoms with van der Waals surface area (Å²) in [7, 11) is 0. The van der Waals surface area contributed by atoms with Crippen LogP contribution in [0.4, 0.5) is 0 Å². The summed E-state index contributed by atoms with van der Waals surface area (Å²) >= 11 is 0. The number of carbonyl (C=O) groups excluding carboxylic acids is 2. The Kier molecular flexibility index (Phi) is 9.27. The highest BCUT2D eigenvalue weighted by molar-refractivity contribution is 5.91. The van der Waals surface area contributed by atoms with Crippen LogP contribution < -0.4 is 27.4 Å². The number of hydrogen-bond acceptors (Lipinski definition) is 6. The summed E-state index contributed by atoms with van der Waals surface area (Å²) < 4.78 is 0. The lowest BCUT2D eigenvalue weighted by atomic mass is 10.1. The number of carbonyl (C=O) groups is 3. The van der Waals surface area contributed by atoms with Crippen LogP contribution in [0.15, 0.2) is 0 Å². The number of carboxylic acids is 1. The predicted molar refractivity (Wildman–Crippen MR) is 81.4 cm³/mol. The number of amides is 2. The number of hydrogen-bond donors (Lipinski definition) is 8. The van der Waals surface area contributed by atoms with Gasteiger partial charge in [0.1, 0.15) is 18.1 Å². The first-order chi connectivity index (χ1) is 10.7. The van der Waals surface area contributed by atoms with Crippen molar-refractivity contribution in [3.05, 3.63) is 0 Å². The van der Waals surface area contributed by atoms with Gasteiger partial charge in [0.05, 0.1) is 6.61 Å². The Bertz CT molecular complexity index is 444. The first kappa shape index (κ1) is 20.6. The molecule has 132 valence electrons. The molecule has 2 amide bonds. The molecule has 0 aromatic heterocycles. The van der Waals surface area contributed by atoms with E-state index in [2.05, 4.69) is 16.0 Å². The van der Waals surface area contributed by atoms with Crippen molar-refractivity contribution in [1.29, 1.82) is 5.41 Å². The highest BCUT2D eigenvalue weighted by Crippen LogP contribution is 1.98. The van der Waals surface area contributed by atoms with Crippen LogP contribution in [0.3, 0.4) is 0 Å². The Labute approximate surface area is 133 Å². The van der Waals surface area contributed by atoms with Crippen molar-refractivity contribution in [2.45, 2.75) is 37.9 Å². The van der Waals surface area contributed by atoms with Crippen molar-refractivity contribution in [3.8, 4) is 0 Å². The standard InChI is InChI=1S/C12H24N6O5/c1-6(17-10(21)7(13)5-19)9(20)18-8(11(22)23)3-2-4-16-12(14)15/h6-8,19H,2-5,13H2,1H3,(H,17,21)(H,18,20)(H,22,23)(H4,14,15,16)/t6-,7-,8-/m0/s1. The van der Waals surface area contributed by atoms with Gasteiger partial charge in [0.2, 0.25) is 11.8 Å². The molecule has 0 fully saturated rings. The molecule has 0 radical (unpaired) electrons. The van der Waals surface area contributed by atoms with E-state index >= 15 is 0 Å². The van der Waals surface area contributed by atoms with Crippen LogP contribution in [-0.4, -0.2) is 65.2 Å². The zero-order chi connectivity index (χ0) is 18.0. The third-order valence-corrected chi connectivity index (χ3v) is 2.89. The van der Waals surface area contributed by atoms with Crippen molar-refractivity contribution >= 4 is 23.7 Å². The van der Waals surface area contributed by atoms with Crippen molar-refractivity contribution in [1.82, 2.24) is 16.0 Å². The maximum absolute atomic E-state index is 11.9. The van der Waals surface area contributed by atoms with Gasteiger partial charge in [-0.25, -0.2) is 4.79 Å². The summed E-state index contributed by atoms with van der Waals surface area (Å²) in [5, 5.41) is 31.9. The van der Waals surface area contributed by atoms with Gasteiger partial charge in [-0.15, -0.1) is 0 Å². The monoisotopic (exact) mass is 332 g/mol. The average molecular weight is 332 g/mol. The first-order valence-corrected chi connectivity index (χ1v) is 6.96. The van der Waals surface area contributed by atoms with Gasteiger partial charge in [0, 0.05) is 6.54 Å². The molecule has 0 aliphatic carbocycles. The van der Waals surface area contributed by atoms with E-state index in [1.807, 2.05) is 0 Å². The number of aliphatic hydroxyl groups is 1. The number of carboxylic acid groups (broad SMARTS) is 1. The minimum atomic E-state index is -1.22. The van der Waals surface area contributed by atoms with E-state index in [-0.39, 0.29) is 12.4 Å². The van der Waals surface area contributed by atoms with Gasteiger partial charge in [-0.05, 0) is 19.8 Å².